The van der Waals surface area contributed by atoms with E-state index < -0.39 is 0 Å². The van der Waals surface area contributed by atoms with Crippen LogP contribution in [0, 0.1) is 0 Å². The van der Waals surface area contributed by atoms with Crippen molar-refractivity contribution in [3.8, 4) is 0 Å². The molecule has 1 rings (SSSR count). The van der Waals surface area contributed by atoms with E-state index >= 15 is 0 Å². The monoisotopic (exact) mass is 240 g/mol. The van der Waals surface area contributed by atoms with Crippen LogP contribution in [0.2, 0.25) is 0 Å². The molecular formula is C7H7BrCl2. The second kappa shape index (κ2) is 5.00. The molecule has 0 aliphatic rings. The van der Waals surface area contributed by atoms with Crippen molar-refractivity contribution in [2.75, 3.05) is 0 Å². The van der Waals surface area contributed by atoms with Crippen molar-refractivity contribution in [2.45, 2.75) is 5.88 Å². The first-order chi connectivity index (χ1) is 4.33. The third-order valence-electron chi connectivity index (χ3n) is 1.04. The van der Waals surface area contributed by atoms with E-state index in [2.05, 4.69) is 15.9 Å². The van der Waals surface area contributed by atoms with Gasteiger partial charge in [-0.1, -0.05) is 28.1 Å². The summed E-state index contributed by atoms with van der Waals surface area (Å²) < 4.78 is 1.08. The normalized spacial score (nSPS) is 8.60. The second-order valence-corrected chi connectivity index (χ2v) is 2.95. The quantitative estimate of drug-likeness (QED) is 0.660. The maximum Gasteiger partial charge on any atom is 0.0474 e. The van der Waals surface area contributed by atoms with Gasteiger partial charge in [0.1, 0.15) is 0 Å². The van der Waals surface area contributed by atoms with Crippen LogP contribution in [0.15, 0.2) is 28.7 Å². The van der Waals surface area contributed by atoms with Gasteiger partial charge < -0.3 is 0 Å². The van der Waals surface area contributed by atoms with E-state index in [9.17, 15) is 0 Å². The molecule has 0 aliphatic heterocycles. The van der Waals surface area contributed by atoms with Gasteiger partial charge in [-0.2, -0.15) is 0 Å². The Bertz CT molecular complexity index is 201. The summed E-state index contributed by atoms with van der Waals surface area (Å²) in [6, 6.07) is 7.96. The molecule has 0 saturated heterocycles. The number of hydrogen-bond donors (Lipinski definition) is 0. The molecule has 0 atom stereocenters. The van der Waals surface area contributed by atoms with Crippen LogP contribution in [0.4, 0.5) is 0 Å². The van der Waals surface area contributed by atoms with Gasteiger partial charge in [0.25, 0.3) is 0 Å². The molecule has 0 nitrogen and oxygen atoms in total. The lowest BCUT2D eigenvalue weighted by molar-refractivity contribution is 1.39. The van der Waals surface area contributed by atoms with E-state index in [1.807, 2.05) is 24.3 Å². The summed E-state index contributed by atoms with van der Waals surface area (Å²) in [5.41, 5.74) is 1.14. The molecule has 10 heavy (non-hydrogen) atoms. The van der Waals surface area contributed by atoms with Crippen LogP contribution in [0.1, 0.15) is 5.56 Å². The van der Waals surface area contributed by atoms with Crippen LogP contribution in [0.3, 0.4) is 0 Å². The molecule has 0 bridgehead atoms. The maximum atomic E-state index is 5.58. The average Bonchev–Trinajstić information content (AvgIpc) is 1.88. The second-order valence-electron chi connectivity index (χ2n) is 1.76. The molecular weight excluding hydrogens is 235 g/mol. The molecule has 3 heteroatoms. The van der Waals surface area contributed by atoms with Gasteiger partial charge in [-0.15, -0.1) is 24.0 Å². The molecule has 1 aromatic rings. The van der Waals surface area contributed by atoms with Crippen LogP contribution >= 0.6 is 39.9 Å². The Morgan fingerprint density at radius 1 is 1.40 bits per heavy atom. The first-order valence-electron chi connectivity index (χ1n) is 2.63. The molecule has 56 valence electrons. The molecule has 0 fully saturated rings. The SMILES string of the molecule is Cl.ClCc1cccc(Br)c1. The van der Waals surface area contributed by atoms with E-state index in [0.29, 0.717) is 5.88 Å². The van der Waals surface area contributed by atoms with Crippen LogP contribution in [0.5, 0.6) is 0 Å². The van der Waals surface area contributed by atoms with Gasteiger partial charge in [0.15, 0.2) is 0 Å². The van der Waals surface area contributed by atoms with Crippen LogP contribution in [0.25, 0.3) is 0 Å². The third kappa shape index (κ3) is 2.91. The summed E-state index contributed by atoms with van der Waals surface area (Å²) >= 11 is 8.92. The third-order valence-corrected chi connectivity index (χ3v) is 1.85. The topological polar surface area (TPSA) is 0 Å². The van der Waals surface area contributed by atoms with Gasteiger partial charge in [0.2, 0.25) is 0 Å². The average molecular weight is 242 g/mol. The summed E-state index contributed by atoms with van der Waals surface area (Å²) in [5.74, 6) is 0.583. The van der Waals surface area contributed by atoms with Crippen molar-refractivity contribution in [3.05, 3.63) is 34.3 Å². The number of rotatable bonds is 1. The predicted octanol–water partition coefficient (Wildman–Crippen LogP) is 3.61. The van der Waals surface area contributed by atoms with Crippen molar-refractivity contribution in [3.63, 3.8) is 0 Å². The zero-order chi connectivity index (χ0) is 6.69. The van der Waals surface area contributed by atoms with Crippen LogP contribution < -0.4 is 0 Å². The first-order valence-corrected chi connectivity index (χ1v) is 3.96. The molecule has 0 radical (unpaired) electrons. The summed E-state index contributed by atoms with van der Waals surface area (Å²) in [6.45, 7) is 0. The van der Waals surface area contributed by atoms with E-state index in [1.54, 1.807) is 0 Å². The van der Waals surface area contributed by atoms with Gasteiger partial charge in [-0.05, 0) is 17.7 Å². The Kier molecular flexibility index (Phi) is 5.14. The fourth-order valence-electron chi connectivity index (χ4n) is 0.620. The molecule has 0 N–H and O–H groups in total. The molecule has 0 unspecified atom stereocenters. The zero-order valence-corrected chi connectivity index (χ0v) is 8.34. The molecule has 1 aromatic carbocycles. The Hall–Kier alpha value is 0.280. The maximum absolute atomic E-state index is 5.58. The van der Waals surface area contributed by atoms with Crippen molar-refractivity contribution in [2.24, 2.45) is 0 Å². The van der Waals surface area contributed by atoms with Gasteiger partial charge >= 0.3 is 0 Å². The Balaban J connectivity index is 0.000000810. The van der Waals surface area contributed by atoms with Crippen molar-refractivity contribution < 1.29 is 0 Å². The predicted molar refractivity (Wildman–Crippen MR) is 50.9 cm³/mol. The standard InChI is InChI=1S/C7H6BrCl.ClH/c8-7-3-1-2-6(4-7)5-9;/h1-4H,5H2;1H. The molecule has 0 spiro atoms. The lowest BCUT2D eigenvalue weighted by Gasteiger charge is -1.92. The number of alkyl halides is 1. The molecule has 0 amide bonds. The highest BCUT2D eigenvalue weighted by molar-refractivity contribution is 9.10. The fraction of sp³-hybridized carbons (Fsp3) is 0.143. The van der Waals surface area contributed by atoms with Gasteiger partial charge in [0, 0.05) is 10.4 Å². The molecule has 0 heterocycles. The van der Waals surface area contributed by atoms with E-state index in [4.69, 9.17) is 11.6 Å². The number of hydrogen-bond acceptors (Lipinski definition) is 0. The minimum Gasteiger partial charge on any atom is -0.147 e. The molecule has 0 aromatic heterocycles. The van der Waals surface area contributed by atoms with Crippen molar-refractivity contribution in [1.29, 1.82) is 0 Å². The zero-order valence-electron chi connectivity index (χ0n) is 5.18. The van der Waals surface area contributed by atoms with E-state index in [0.717, 1.165) is 10.0 Å². The summed E-state index contributed by atoms with van der Waals surface area (Å²) in [7, 11) is 0. The molecule has 0 saturated carbocycles. The summed E-state index contributed by atoms with van der Waals surface area (Å²) in [4.78, 5) is 0. The number of halogens is 3. The largest absolute Gasteiger partial charge is 0.147 e. The highest BCUT2D eigenvalue weighted by Crippen LogP contribution is 2.12. The van der Waals surface area contributed by atoms with Crippen LogP contribution in [-0.4, -0.2) is 0 Å². The minimum atomic E-state index is 0. The lowest BCUT2D eigenvalue weighted by Crippen LogP contribution is -1.74. The Morgan fingerprint density at radius 2 is 2.10 bits per heavy atom. The molecule has 0 aliphatic carbocycles. The Labute approximate surface area is 80.1 Å². The fourth-order valence-corrected chi connectivity index (χ4v) is 1.23. The van der Waals surface area contributed by atoms with Gasteiger partial charge in [-0.3, -0.25) is 0 Å². The Morgan fingerprint density at radius 3 is 2.50 bits per heavy atom. The lowest BCUT2D eigenvalue weighted by atomic mass is 10.2. The van der Waals surface area contributed by atoms with Gasteiger partial charge in [-0.25, -0.2) is 0 Å². The van der Waals surface area contributed by atoms with Gasteiger partial charge in [0.05, 0.1) is 0 Å². The van der Waals surface area contributed by atoms with Crippen LogP contribution in [-0.2, 0) is 5.88 Å². The highest BCUT2D eigenvalue weighted by Gasteiger charge is 1.88. The van der Waals surface area contributed by atoms with Crippen molar-refractivity contribution >= 4 is 39.9 Å². The smallest absolute Gasteiger partial charge is 0.0474 e. The summed E-state index contributed by atoms with van der Waals surface area (Å²) in [5, 5.41) is 0. The van der Waals surface area contributed by atoms with E-state index in [1.165, 1.54) is 0 Å². The summed E-state index contributed by atoms with van der Waals surface area (Å²) in [6.07, 6.45) is 0. The number of benzene rings is 1. The highest BCUT2D eigenvalue weighted by atomic mass is 79.9. The van der Waals surface area contributed by atoms with Crippen molar-refractivity contribution in [1.82, 2.24) is 0 Å². The minimum absolute atomic E-state index is 0. The van der Waals surface area contributed by atoms with E-state index in [-0.39, 0.29) is 12.4 Å². The first kappa shape index (κ1) is 10.3.